The van der Waals surface area contributed by atoms with Crippen LogP contribution < -0.4 is 4.74 Å². The third kappa shape index (κ3) is 3.72. The topological polar surface area (TPSA) is 59.7 Å². The molecule has 1 N–H and O–H groups in total. The van der Waals surface area contributed by atoms with Crippen molar-refractivity contribution in [3.63, 3.8) is 0 Å². The lowest BCUT2D eigenvalue weighted by atomic mass is 10.1. The van der Waals surface area contributed by atoms with Gasteiger partial charge in [0.2, 0.25) is 0 Å². The molecular formula is C19H20O4. The number of hydrogen-bond donors (Lipinski definition) is 1. The van der Waals surface area contributed by atoms with E-state index in [-0.39, 0.29) is 5.56 Å². The Labute approximate surface area is 135 Å². The summed E-state index contributed by atoms with van der Waals surface area (Å²) in [4.78, 5) is 11.3. The lowest BCUT2D eigenvalue weighted by Gasteiger charge is -2.06. The van der Waals surface area contributed by atoms with Crippen LogP contribution in [-0.2, 0) is 6.61 Å². The largest absolute Gasteiger partial charge is 0.489 e. The van der Waals surface area contributed by atoms with Crippen molar-refractivity contribution in [3.05, 3.63) is 65.4 Å². The molecule has 1 heterocycles. The highest BCUT2D eigenvalue weighted by Gasteiger charge is 2.17. The summed E-state index contributed by atoms with van der Waals surface area (Å²) in [5.41, 5.74) is 1.80. The molecule has 0 aliphatic rings. The Kier molecular flexibility index (Phi) is 5.41. The predicted octanol–water partition coefficient (Wildman–Crippen LogP) is 5.04. The van der Waals surface area contributed by atoms with Crippen LogP contribution in [0.3, 0.4) is 0 Å². The van der Waals surface area contributed by atoms with Crippen molar-refractivity contribution < 1.29 is 19.1 Å². The van der Waals surface area contributed by atoms with Gasteiger partial charge in [0, 0.05) is 5.39 Å². The summed E-state index contributed by atoms with van der Waals surface area (Å²) < 4.78 is 11.2. The minimum Gasteiger partial charge on any atom is -0.489 e. The Morgan fingerprint density at radius 3 is 2.48 bits per heavy atom. The molecule has 0 atom stereocenters. The summed E-state index contributed by atoms with van der Waals surface area (Å²) in [7, 11) is 0. The summed E-state index contributed by atoms with van der Waals surface area (Å²) in [6.45, 7) is 6.08. The summed E-state index contributed by atoms with van der Waals surface area (Å²) in [5, 5.41) is 9.81. The number of ether oxygens (including phenoxy) is 1. The lowest BCUT2D eigenvalue weighted by molar-refractivity contribution is 0.0697. The number of aromatic carboxylic acids is 1. The smallest absolute Gasteiger partial charge is 0.339 e. The highest BCUT2D eigenvalue weighted by molar-refractivity contribution is 6.03. The normalized spacial score (nSPS) is 10.0. The quantitative estimate of drug-likeness (QED) is 0.732. The van der Waals surface area contributed by atoms with E-state index in [1.807, 2.05) is 44.2 Å². The van der Waals surface area contributed by atoms with Gasteiger partial charge in [-0.3, -0.25) is 0 Å². The van der Waals surface area contributed by atoms with Gasteiger partial charge in [0.25, 0.3) is 0 Å². The Balaban J connectivity index is 0.000000924. The molecule has 0 aliphatic heterocycles. The average molecular weight is 312 g/mol. The van der Waals surface area contributed by atoms with Crippen LogP contribution in [0.5, 0.6) is 5.75 Å². The maximum absolute atomic E-state index is 11.3. The molecule has 23 heavy (non-hydrogen) atoms. The van der Waals surface area contributed by atoms with Gasteiger partial charge in [0.1, 0.15) is 29.3 Å². The first-order valence-corrected chi connectivity index (χ1v) is 7.58. The van der Waals surface area contributed by atoms with E-state index in [0.717, 1.165) is 5.56 Å². The molecular weight excluding hydrogens is 292 g/mol. The maximum Gasteiger partial charge on any atom is 0.339 e. The summed E-state index contributed by atoms with van der Waals surface area (Å²) >= 11 is 0. The van der Waals surface area contributed by atoms with Gasteiger partial charge in [-0.15, -0.1) is 0 Å². The molecule has 0 spiro atoms. The van der Waals surface area contributed by atoms with Crippen molar-refractivity contribution in [3.8, 4) is 5.75 Å². The molecule has 2 aromatic carbocycles. The van der Waals surface area contributed by atoms with E-state index >= 15 is 0 Å². The van der Waals surface area contributed by atoms with Crippen LogP contribution in [0.1, 0.15) is 35.5 Å². The van der Waals surface area contributed by atoms with Crippen LogP contribution in [0.2, 0.25) is 0 Å². The van der Waals surface area contributed by atoms with E-state index in [1.165, 1.54) is 0 Å². The molecule has 3 aromatic rings. The molecule has 0 aliphatic carbocycles. The number of carboxylic acid groups (broad SMARTS) is 1. The molecule has 3 rings (SSSR count). The van der Waals surface area contributed by atoms with Crippen LogP contribution in [0.25, 0.3) is 11.0 Å². The first-order chi connectivity index (χ1) is 11.1. The second-order valence-corrected chi connectivity index (χ2v) is 4.77. The van der Waals surface area contributed by atoms with Gasteiger partial charge in [0.05, 0.1) is 0 Å². The van der Waals surface area contributed by atoms with Gasteiger partial charge >= 0.3 is 5.97 Å². The highest BCUT2D eigenvalue weighted by Crippen LogP contribution is 2.29. The zero-order valence-electron chi connectivity index (χ0n) is 13.5. The van der Waals surface area contributed by atoms with Crippen LogP contribution in [0, 0.1) is 6.92 Å². The number of carboxylic acids is 1. The van der Waals surface area contributed by atoms with Crippen LogP contribution in [-0.4, -0.2) is 11.1 Å². The van der Waals surface area contributed by atoms with Crippen LogP contribution in [0.15, 0.2) is 52.9 Å². The third-order valence-corrected chi connectivity index (χ3v) is 3.30. The lowest BCUT2D eigenvalue weighted by Crippen LogP contribution is -1.97. The van der Waals surface area contributed by atoms with E-state index in [9.17, 15) is 9.90 Å². The Bertz CT molecular complexity index is 788. The summed E-state index contributed by atoms with van der Waals surface area (Å²) in [6, 6.07) is 15.0. The minimum atomic E-state index is -0.994. The molecule has 0 amide bonds. The van der Waals surface area contributed by atoms with Crippen molar-refractivity contribution in [1.29, 1.82) is 0 Å². The van der Waals surface area contributed by atoms with E-state index in [0.29, 0.717) is 29.1 Å². The monoisotopic (exact) mass is 312 g/mol. The van der Waals surface area contributed by atoms with Crippen LogP contribution in [0.4, 0.5) is 0 Å². The molecule has 4 heteroatoms. The standard InChI is InChI=1S/C17H14O4.C2H6/c1-11-16(17(18)19)14-9-13(7-8-15(14)21-11)20-10-12-5-3-2-4-6-12;1-2/h2-9H,10H2,1H3,(H,18,19);1-2H3. The second kappa shape index (κ2) is 7.49. The van der Waals surface area contributed by atoms with Gasteiger partial charge in [-0.1, -0.05) is 44.2 Å². The number of fused-ring (bicyclic) bond motifs is 1. The van der Waals surface area contributed by atoms with E-state index in [2.05, 4.69) is 0 Å². The zero-order valence-corrected chi connectivity index (χ0v) is 13.5. The third-order valence-electron chi connectivity index (χ3n) is 3.30. The number of carbonyl (C=O) groups is 1. The molecule has 0 unspecified atom stereocenters. The van der Waals surface area contributed by atoms with Crippen molar-refractivity contribution in [2.75, 3.05) is 0 Å². The van der Waals surface area contributed by atoms with Crippen molar-refractivity contribution in [2.45, 2.75) is 27.4 Å². The fourth-order valence-corrected chi connectivity index (χ4v) is 2.30. The van der Waals surface area contributed by atoms with Crippen molar-refractivity contribution in [2.24, 2.45) is 0 Å². The fourth-order valence-electron chi connectivity index (χ4n) is 2.30. The van der Waals surface area contributed by atoms with E-state index < -0.39 is 5.97 Å². The molecule has 0 saturated heterocycles. The van der Waals surface area contributed by atoms with Crippen LogP contribution >= 0.6 is 0 Å². The molecule has 1 aromatic heterocycles. The first kappa shape index (κ1) is 16.6. The number of aryl methyl sites for hydroxylation is 1. The Hall–Kier alpha value is -2.75. The molecule has 120 valence electrons. The second-order valence-electron chi connectivity index (χ2n) is 4.77. The molecule has 0 fully saturated rings. The number of benzene rings is 2. The van der Waals surface area contributed by atoms with Gasteiger partial charge in [-0.05, 0) is 30.7 Å². The molecule has 0 saturated carbocycles. The minimum absolute atomic E-state index is 0.190. The van der Waals surface area contributed by atoms with Gasteiger partial charge in [-0.25, -0.2) is 4.79 Å². The van der Waals surface area contributed by atoms with E-state index in [1.54, 1.807) is 25.1 Å². The number of hydrogen-bond acceptors (Lipinski definition) is 3. The van der Waals surface area contributed by atoms with Crippen molar-refractivity contribution in [1.82, 2.24) is 0 Å². The van der Waals surface area contributed by atoms with Gasteiger partial charge in [-0.2, -0.15) is 0 Å². The first-order valence-electron chi connectivity index (χ1n) is 7.58. The number of rotatable bonds is 4. The fraction of sp³-hybridized carbons (Fsp3) is 0.211. The summed E-state index contributed by atoms with van der Waals surface area (Å²) in [5.74, 6) is 0.0267. The van der Waals surface area contributed by atoms with Gasteiger partial charge in [0.15, 0.2) is 0 Å². The zero-order chi connectivity index (χ0) is 16.8. The Morgan fingerprint density at radius 1 is 1.13 bits per heavy atom. The SMILES string of the molecule is CC.Cc1oc2ccc(OCc3ccccc3)cc2c1C(=O)O. The average Bonchev–Trinajstić information content (AvgIpc) is 2.91. The summed E-state index contributed by atoms with van der Waals surface area (Å²) in [6.07, 6.45) is 0. The van der Waals surface area contributed by atoms with E-state index in [4.69, 9.17) is 9.15 Å². The predicted molar refractivity (Wildman–Crippen MR) is 90.0 cm³/mol. The maximum atomic E-state index is 11.3. The molecule has 0 radical (unpaired) electrons. The molecule has 0 bridgehead atoms. The number of furan rings is 1. The Morgan fingerprint density at radius 2 is 1.83 bits per heavy atom. The van der Waals surface area contributed by atoms with Gasteiger partial charge < -0.3 is 14.3 Å². The van der Waals surface area contributed by atoms with Crippen molar-refractivity contribution >= 4 is 16.9 Å². The molecule has 4 nitrogen and oxygen atoms in total. The highest BCUT2D eigenvalue weighted by atomic mass is 16.5.